The number of benzene rings is 1. The van der Waals surface area contributed by atoms with E-state index in [4.69, 9.17) is 10.5 Å². The summed E-state index contributed by atoms with van der Waals surface area (Å²) in [7, 11) is 1.70. The van der Waals surface area contributed by atoms with Gasteiger partial charge in [-0.15, -0.1) is 5.10 Å². The van der Waals surface area contributed by atoms with E-state index in [2.05, 4.69) is 15.1 Å². The van der Waals surface area contributed by atoms with E-state index >= 15 is 0 Å². The number of hydrogen-bond donors (Lipinski definition) is 1. The molecule has 2 N–H and O–H groups in total. The van der Waals surface area contributed by atoms with Crippen molar-refractivity contribution >= 4 is 23.1 Å². The summed E-state index contributed by atoms with van der Waals surface area (Å²) in [6, 6.07) is 10.0. The van der Waals surface area contributed by atoms with Crippen LogP contribution >= 0.6 is 0 Å². The Bertz CT molecular complexity index is 742. The van der Waals surface area contributed by atoms with Crippen molar-refractivity contribution in [2.45, 2.75) is 6.42 Å². The summed E-state index contributed by atoms with van der Waals surface area (Å²) >= 11 is 0. The fraction of sp³-hybridized carbons (Fsp3) is 0.267. The van der Waals surface area contributed by atoms with Crippen molar-refractivity contribution in [3.63, 3.8) is 0 Å². The smallest absolute Gasteiger partial charge is 0.250 e. The number of fused-ring (bicyclic) bond motifs is 1. The number of ether oxygens (including phenoxy) is 1. The molecule has 0 saturated carbocycles. The lowest BCUT2D eigenvalue weighted by Crippen LogP contribution is -2.21. The zero-order chi connectivity index (χ0) is 15.4. The molecule has 0 amide bonds. The third-order valence-corrected chi connectivity index (χ3v) is 3.31. The molecule has 3 rings (SSSR count). The second-order valence-corrected chi connectivity index (χ2v) is 4.83. The molecular weight excluding hydrogens is 280 g/mol. The Morgan fingerprint density at radius 3 is 2.82 bits per heavy atom. The minimum absolute atomic E-state index is 0.367. The molecule has 7 nitrogen and oxygen atoms in total. The van der Waals surface area contributed by atoms with E-state index in [-0.39, 0.29) is 0 Å². The summed E-state index contributed by atoms with van der Waals surface area (Å²) in [6.45, 7) is 1.43. The number of nitrogens with zero attached hydrogens (tertiary/aromatic N) is 5. The zero-order valence-electron chi connectivity index (χ0n) is 12.4. The predicted molar refractivity (Wildman–Crippen MR) is 85.1 cm³/mol. The van der Waals surface area contributed by atoms with Crippen molar-refractivity contribution in [1.82, 2.24) is 19.6 Å². The van der Waals surface area contributed by atoms with Crippen LogP contribution in [0.1, 0.15) is 6.42 Å². The van der Waals surface area contributed by atoms with Gasteiger partial charge in [-0.2, -0.15) is 4.98 Å². The Labute approximate surface area is 128 Å². The van der Waals surface area contributed by atoms with Gasteiger partial charge in [0, 0.05) is 38.3 Å². The minimum Gasteiger partial charge on any atom is -0.385 e. The van der Waals surface area contributed by atoms with Gasteiger partial charge in [0.1, 0.15) is 0 Å². The molecule has 22 heavy (non-hydrogen) atoms. The van der Waals surface area contributed by atoms with Crippen LogP contribution in [0.25, 0.3) is 5.65 Å². The van der Waals surface area contributed by atoms with Crippen LogP contribution in [0, 0.1) is 0 Å². The van der Waals surface area contributed by atoms with Gasteiger partial charge < -0.3 is 15.4 Å². The maximum absolute atomic E-state index is 5.86. The summed E-state index contributed by atoms with van der Waals surface area (Å²) in [5, 5.41) is 4.50. The lowest BCUT2D eigenvalue weighted by molar-refractivity contribution is 0.196. The molecule has 114 valence electrons. The highest BCUT2D eigenvalue weighted by atomic mass is 16.5. The van der Waals surface area contributed by atoms with Crippen molar-refractivity contribution < 1.29 is 4.74 Å². The lowest BCUT2D eigenvalue weighted by atomic mass is 10.3. The molecular formula is C15H18N6O. The molecule has 0 aliphatic carbocycles. The van der Waals surface area contributed by atoms with Crippen LogP contribution in [-0.4, -0.2) is 39.8 Å². The van der Waals surface area contributed by atoms with E-state index in [1.54, 1.807) is 24.0 Å². The van der Waals surface area contributed by atoms with Gasteiger partial charge in [-0.05, 0) is 18.6 Å². The molecule has 7 heteroatoms. The number of anilines is 3. The van der Waals surface area contributed by atoms with Crippen molar-refractivity contribution in [3.05, 3.63) is 42.7 Å². The third kappa shape index (κ3) is 2.84. The number of nitrogen functional groups attached to an aromatic ring is 1. The molecule has 0 unspecified atom stereocenters. The van der Waals surface area contributed by atoms with Gasteiger partial charge in [0.25, 0.3) is 0 Å². The summed E-state index contributed by atoms with van der Waals surface area (Å²) in [4.78, 5) is 10.6. The summed E-state index contributed by atoms with van der Waals surface area (Å²) in [6.07, 6.45) is 4.22. The molecule has 2 heterocycles. The normalized spacial score (nSPS) is 11.0. The number of para-hydroxylation sites is 1. The maximum Gasteiger partial charge on any atom is 0.250 e. The number of rotatable bonds is 6. The van der Waals surface area contributed by atoms with Crippen molar-refractivity contribution in [2.75, 3.05) is 30.9 Å². The SMILES string of the molecule is COCCCN(c1ccccc1)c1nc2c(N)nccn2n1. The molecule has 0 radical (unpaired) electrons. The monoisotopic (exact) mass is 298 g/mol. The van der Waals surface area contributed by atoms with Crippen LogP contribution in [0.2, 0.25) is 0 Å². The van der Waals surface area contributed by atoms with E-state index in [1.807, 2.05) is 35.2 Å². The highest BCUT2D eigenvalue weighted by Gasteiger charge is 2.15. The molecule has 0 aliphatic heterocycles. The van der Waals surface area contributed by atoms with Crippen molar-refractivity contribution in [2.24, 2.45) is 0 Å². The Morgan fingerprint density at radius 2 is 2.09 bits per heavy atom. The van der Waals surface area contributed by atoms with Crippen molar-refractivity contribution in [3.8, 4) is 0 Å². The van der Waals surface area contributed by atoms with Gasteiger partial charge >= 0.3 is 0 Å². The van der Waals surface area contributed by atoms with E-state index < -0.39 is 0 Å². The topological polar surface area (TPSA) is 81.6 Å². The molecule has 0 spiro atoms. The second-order valence-electron chi connectivity index (χ2n) is 4.83. The maximum atomic E-state index is 5.86. The van der Waals surface area contributed by atoms with Crippen LogP contribution in [0.4, 0.5) is 17.5 Å². The molecule has 0 saturated heterocycles. The van der Waals surface area contributed by atoms with Gasteiger partial charge in [0.05, 0.1) is 0 Å². The summed E-state index contributed by atoms with van der Waals surface area (Å²) in [5.41, 5.74) is 7.45. The van der Waals surface area contributed by atoms with Gasteiger partial charge in [0.2, 0.25) is 5.95 Å². The molecule has 3 aromatic rings. The highest BCUT2D eigenvalue weighted by Crippen LogP contribution is 2.23. The number of aromatic nitrogens is 4. The van der Waals surface area contributed by atoms with Gasteiger partial charge in [-0.3, -0.25) is 0 Å². The first-order valence-corrected chi connectivity index (χ1v) is 7.08. The van der Waals surface area contributed by atoms with Crippen LogP contribution in [0.5, 0.6) is 0 Å². The summed E-state index contributed by atoms with van der Waals surface area (Å²) < 4.78 is 6.78. The molecule has 0 bridgehead atoms. The molecule has 2 aromatic heterocycles. The zero-order valence-corrected chi connectivity index (χ0v) is 12.4. The van der Waals surface area contributed by atoms with Crippen LogP contribution in [-0.2, 0) is 4.74 Å². The van der Waals surface area contributed by atoms with Crippen LogP contribution in [0.15, 0.2) is 42.7 Å². The molecule has 0 fully saturated rings. The predicted octanol–water partition coefficient (Wildman–Crippen LogP) is 1.88. The van der Waals surface area contributed by atoms with E-state index in [9.17, 15) is 0 Å². The average molecular weight is 298 g/mol. The number of methoxy groups -OCH3 is 1. The van der Waals surface area contributed by atoms with Crippen molar-refractivity contribution in [1.29, 1.82) is 0 Å². The first-order chi connectivity index (χ1) is 10.8. The van der Waals surface area contributed by atoms with E-state index in [0.717, 1.165) is 18.7 Å². The Kier molecular flexibility index (Phi) is 4.15. The quantitative estimate of drug-likeness (QED) is 0.700. The van der Waals surface area contributed by atoms with Gasteiger partial charge in [-0.1, -0.05) is 18.2 Å². The van der Waals surface area contributed by atoms with Gasteiger partial charge in [-0.25, -0.2) is 9.50 Å². The van der Waals surface area contributed by atoms with Gasteiger partial charge in [0.15, 0.2) is 11.5 Å². The fourth-order valence-corrected chi connectivity index (χ4v) is 2.26. The molecule has 0 atom stereocenters. The fourth-order valence-electron chi connectivity index (χ4n) is 2.26. The van der Waals surface area contributed by atoms with E-state index in [1.165, 1.54) is 0 Å². The first-order valence-electron chi connectivity index (χ1n) is 7.08. The second kappa shape index (κ2) is 6.40. The largest absolute Gasteiger partial charge is 0.385 e. The lowest BCUT2D eigenvalue weighted by Gasteiger charge is -2.20. The summed E-state index contributed by atoms with van der Waals surface area (Å²) in [5.74, 6) is 0.966. The molecule has 1 aromatic carbocycles. The minimum atomic E-state index is 0.367. The third-order valence-electron chi connectivity index (χ3n) is 3.31. The average Bonchev–Trinajstić information content (AvgIpc) is 2.98. The Hall–Kier alpha value is -2.67. The van der Waals surface area contributed by atoms with E-state index in [0.29, 0.717) is 24.0 Å². The standard InChI is InChI=1S/C15H18N6O/c1-22-11-5-9-20(12-6-3-2-4-7-12)15-18-14-13(16)17-8-10-21(14)19-15/h2-4,6-8,10H,5,9,11H2,1H3,(H2,16,17). The molecule has 0 aliphatic rings. The number of nitrogens with two attached hydrogens (primary N) is 1. The van der Waals surface area contributed by atoms with Crippen LogP contribution in [0.3, 0.4) is 0 Å². The highest BCUT2D eigenvalue weighted by molar-refractivity contribution is 5.64. The van der Waals surface area contributed by atoms with Crippen LogP contribution < -0.4 is 10.6 Å². The Morgan fingerprint density at radius 1 is 1.27 bits per heavy atom. The Balaban J connectivity index is 1.97. The number of hydrogen-bond acceptors (Lipinski definition) is 6. The first kappa shape index (κ1) is 14.3.